The van der Waals surface area contributed by atoms with Gasteiger partial charge in [0.15, 0.2) is 0 Å². The summed E-state index contributed by atoms with van der Waals surface area (Å²) in [5.74, 6) is 0.977. The SMILES string of the molecule is CCN(Cc1ccccc1CCNC(C)C)CC1CC1. The summed E-state index contributed by atoms with van der Waals surface area (Å²) in [6.45, 7) is 11.3. The van der Waals surface area contributed by atoms with Gasteiger partial charge < -0.3 is 5.32 Å². The molecule has 1 fully saturated rings. The summed E-state index contributed by atoms with van der Waals surface area (Å²) < 4.78 is 0. The molecule has 0 atom stereocenters. The molecule has 112 valence electrons. The van der Waals surface area contributed by atoms with Gasteiger partial charge in [-0.15, -0.1) is 0 Å². The van der Waals surface area contributed by atoms with Gasteiger partial charge in [-0.1, -0.05) is 45.0 Å². The van der Waals surface area contributed by atoms with Crippen LogP contribution >= 0.6 is 0 Å². The largest absolute Gasteiger partial charge is 0.314 e. The van der Waals surface area contributed by atoms with Gasteiger partial charge in [0.25, 0.3) is 0 Å². The average molecular weight is 274 g/mol. The Bertz CT molecular complexity index is 396. The number of nitrogens with zero attached hydrogens (tertiary/aromatic N) is 1. The standard InChI is InChI=1S/C18H30N2/c1-4-20(13-16-9-10-16)14-18-8-6-5-7-17(18)11-12-19-15(2)3/h5-8,15-16,19H,4,9-14H2,1-3H3. The van der Waals surface area contributed by atoms with Crippen molar-refractivity contribution in [1.82, 2.24) is 10.2 Å². The average Bonchev–Trinajstić information content (AvgIpc) is 3.23. The molecule has 2 rings (SSSR count). The molecule has 0 spiro atoms. The molecule has 1 saturated carbocycles. The van der Waals surface area contributed by atoms with Crippen molar-refractivity contribution in [3.05, 3.63) is 35.4 Å². The van der Waals surface area contributed by atoms with Gasteiger partial charge in [-0.3, -0.25) is 4.90 Å². The summed E-state index contributed by atoms with van der Waals surface area (Å²) >= 11 is 0. The van der Waals surface area contributed by atoms with Crippen molar-refractivity contribution in [2.75, 3.05) is 19.6 Å². The first kappa shape index (κ1) is 15.5. The molecule has 0 aliphatic heterocycles. The first-order valence-corrected chi connectivity index (χ1v) is 8.21. The summed E-state index contributed by atoms with van der Waals surface area (Å²) in [4.78, 5) is 2.60. The molecule has 0 heterocycles. The third-order valence-corrected chi connectivity index (χ3v) is 4.12. The van der Waals surface area contributed by atoms with E-state index in [9.17, 15) is 0 Å². The predicted octanol–water partition coefficient (Wildman–Crippen LogP) is 3.46. The van der Waals surface area contributed by atoms with Crippen LogP contribution in [-0.4, -0.2) is 30.6 Å². The molecular formula is C18H30N2. The number of nitrogens with one attached hydrogen (secondary N) is 1. The lowest BCUT2D eigenvalue weighted by Gasteiger charge is -2.22. The maximum Gasteiger partial charge on any atom is 0.0236 e. The number of rotatable bonds is 9. The molecule has 2 nitrogen and oxygen atoms in total. The Labute approximate surface area is 124 Å². The van der Waals surface area contributed by atoms with Crippen LogP contribution in [0, 0.1) is 5.92 Å². The van der Waals surface area contributed by atoms with Gasteiger partial charge in [0.2, 0.25) is 0 Å². The zero-order valence-electron chi connectivity index (χ0n) is 13.4. The molecule has 1 aliphatic rings. The fourth-order valence-corrected chi connectivity index (χ4v) is 2.66. The van der Waals surface area contributed by atoms with Crippen molar-refractivity contribution in [3.63, 3.8) is 0 Å². The fourth-order valence-electron chi connectivity index (χ4n) is 2.66. The van der Waals surface area contributed by atoms with Crippen LogP contribution in [0.5, 0.6) is 0 Å². The van der Waals surface area contributed by atoms with Crippen molar-refractivity contribution in [1.29, 1.82) is 0 Å². The van der Waals surface area contributed by atoms with Crippen LogP contribution in [0.25, 0.3) is 0 Å². The van der Waals surface area contributed by atoms with Gasteiger partial charge >= 0.3 is 0 Å². The first-order chi connectivity index (χ1) is 9.69. The van der Waals surface area contributed by atoms with Crippen molar-refractivity contribution in [3.8, 4) is 0 Å². The number of hydrogen-bond acceptors (Lipinski definition) is 2. The van der Waals surface area contributed by atoms with E-state index in [2.05, 4.69) is 55.3 Å². The Morgan fingerprint density at radius 3 is 2.50 bits per heavy atom. The van der Waals surface area contributed by atoms with E-state index in [1.165, 1.54) is 30.5 Å². The van der Waals surface area contributed by atoms with Gasteiger partial charge in [0.05, 0.1) is 0 Å². The zero-order valence-corrected chi connectivity index (χ0v) is 13.4. The molecule has 1 aromatic rings. The lowest BCUT2D eigenvalue weighted by atomic mass is 10.0. The summed E-state index contributed by atoms with van der Waals surface area (Å²) in [5.41, 5.74) is 3.02. The van der Waals surface area contributed by atoms with Crippen LogP contribution < -0.4 is 5.32 Å². The third-order valence-electron chi connectivity index (χ3n) is 4.12. The van der Waals surface area contributed by atoms with Gasteiger partial charge in [-0.05, 0) is 49.4 Å². The van der Waals surface area contributed by atoms with E-state index in [0.717, 1.165) is 32.0 Å². The summed E-state index contributed by atoms with van der Waals surface area (Å²) in [6.07, 6.45) is 4.02. The minimum Gasteiger partial charge on any atom is -0.314 e. The second-order valence-corrected chi connectivity index (χ2v) is 6.40. The highest BCUT2D eigenvalue weighted by Crippen LogP contribution is 2.30. The molecule has 0 bridgehead atoms. The second kappa shape index (κ2) is 7.80. The van der Waals surface area contributed by atoms with E-state index in [1.54, 1.807) is 0 Å². The van der Waals surface area contributed by atoms with E-state index in [4.69, 9.17) is 0 Å². The monoisotopic (exact) mass is 274 g/mol. The smallest absolute Gasteiger partial charge is 0.0236 e. The molecule has 0 unspecified atom stereocenters. The van der Waals surface area contributed by atoms with E-state index >= 15 is 0 Å². The maximum atomic E-state index is 3.52. The molecule has 2 heteroatoms. The Morgan fingerprint density at radius 1 is 1.20 bits per heavy atom. The van der Waals surface area contributed by atoms with Crippen LogP contribution in [0.4, 0.5) is 0 Å². The van der Waals surface area contributed by atoms with Crippen LogP contribution in [0.2, 0.25) is 0 Å². The minimum atomic E-state index is 0.573. The van der Waals surface area contributed by atoms with Gasteiger partial charge in [0, 0.05) is 19.1 Å². The number of benzene rings is 1. The fraction of sp³-hybridized carbons (Fsp3) is 0.667. The molecule has 1 aliphatic carbocycles. The van der Waals surface area contributed by atoms with Crippen LogP contribution in [0.1, 0.15) is 44.7 Å². The van der Waals surface area contributed by atoms with Gasteiger partial charge in [0.1, 0.15) is 0 Å². The van der Waals surface area contributed by atoms with Gasteiger partial charge in [-0.25, -0.2) is 0 Å². The van der Waals surface area contributed by atoms with Gasteiger partial charge in [-0.2, -0.15) is 0 Å². The predicted molar refractivity (Wildman–Crippen MR) is 87.0 cm³/mol. The Hall–Kier alpha value is -0.860. The van der Waals surface area contributed by atoms with Crippen LogP contribution in [-0.2, 0) is 13.0 Å². The van der Waals surface area contributed by atoms with E-state index in [-0.39, 0.29) is 0 Å². The Balaban J connectivity index is 1.91. The lowest BCUT2D eigenvalue weighted by Crippen LogP contribution is -2.27. The minimum absolute atomic E-state index is 0.573. The molecule has 1 N–H and O–H groups in total. The van der Waals surface area contributed by atoms with Crippen LogP contribution in [0.3, 0.4) is 0 Å². The quantitative estimate of drug-likeness (QED) is 0.742. The molecule has 0 amide bonds. The van der Waals surface area contributed by atoms with E-state index < -0.39 is 0 Å². The molecule has 0 saturated heterocycles. The maximum absolute atomic E-state index is 3.52. The van der Waals surface area contributed by atoms with Crippen molar-refractivity contribution >= 4 is 0 Å². The van der Waals surface area contributed by atoms with Crippen molar-refractivity contribution in [2.24, 2.45) is 5.92 Å². The summed E-state index contributed by atoms with van der Waals surface area (Å²) in [5, 5.41) is 3.52. The molecular weight excluding hydrogens is 244 g/mol. The highest BCUT2D eigenvalue weighted by Gasteiger charge is 2.23. The lowest BCUT2D eigenvalue weighted by molar-refractivity contribution is 0.267. The highest BCUT2D eigenvalue weighted by molar-refractivity contribution is 5.27. The van der Waals surface area contributed by atoms with E-state index in [0.29, 0.717) is 6.04 Å². The van der Waals surface area contributed by atoms with Crippen molar-refractivity contribution < 1.29 is 0 Å². The van der Waals surface area contributed by atoms with E-state index in [1.807, 2.05) is 0 Å². The zero-order chi connectivity index (χ0) is 14.4. The normalized spacial score (nSPS) is 15.2. The molecule has 20 heavy (non-hydrogen) atoms. The Morgan fingerprint density at radius 2 is 1.90 bits per heavy atom. The summed E-state index contributed by atoms with van der Waals surface area (Å²) in [6, 6.07) is 9.53. The molecule has 1 aromatic carbocycles. The topological polar surface area (TPSA) is 15.3 Å². The molecule has 0 radical (unpaired) electrons. The number of hydrogen-bond donors (Lipinski definition) is 1. The molecule has 0 aromatic heterocycles. The highest BCUT2D eigenvalue weighted by atomic mass is 15.1. The first-order valence-electron chi connectivity index (χ1n) is 8.21. The summed E-state index contributed by atoms with van der Waals surface area (Å²) in [7, 11) is 0. The van der Waals surface area contributed by atoms with Crippen LogP contribution in [0.15, 0.2) is 24.3 Å². The third kappa shape index (κ3) is 5.26. The Kier molecular flexibility index (Phi) is 6.06. The second-order valence-electron chi connectivity index (χ2n) is 6.40. The van der Waals surface area contributed by atoms with Crippen molar-refractivity contribution in [2.45, 2.75) is 52.6 Å².